The summed E-state index contributed by atoms with van der Waals surface area (Å²) in [4.78, 5) is 20.4. The molecule has 8 heteroatoms. The van der Waals surface area contributed by atoms with Crippen molar-refractivity contribution in [2.24, 2.45) is 4.99 Å². The Kier molecular flexibility index (Phi) is 9.12. The Labute approximate surface area is 181 Å². The van der Waals surface area contributed by atoms with Crippen LogP contribution in [-0.4, -0.2) is 42.9 Å². The number of hydrogen-bond donors (Lipinski definition) is 2. The zero-order valence-corrected chi connectivity index (χ0v) is 18.7. The lowest BCUT2D eigenvalue weighted by atomic mass is 10.1. The van der Waals surface area contributed by atoms with E-state index in [9.17, 15) is 4.79 Å². The number of halogens is 1. The molecule has 0 radical (unpaired) electrons. The highest BCUT2D eigenvalue weighted by Gasteiger charge is 2.20. The van der Waals surface area contributed by atoms with E-state index in [1.807, 2.05) is 24.0 Å². The van der Waals surface area contributed by atoms with Crippen molar-refractivity contribution in [3.63, 3.8) is 0 Å². The predicted octanol–water partition coefficient (Wildman–Crippen LogP) is 3.03. The van der Waals surface area contributed by atoms with E-state index in [4.69, 9.17) is 4.42 Å². The van der Waals surface area contributed by atoms with Crippen LogP contribution in [0.15, 0.2) is 39.3 Å². The average Bonchev–Trinajstić information content (AvgIpc) is 3.32. The average molecular weight is 502 g/mol. The highest BCUT2D eigenvalue weighted by Crippen LogP contribution is 2.24. The zero-order valence-electron chi connectivity index (χ0n) is 15.6. The minimum absolute atomic E-state index is 0. The summed E-state index contributed by atoms with van der Waals surface area (Å²) in [5, 5.41) is 8.57. The molecule has 0 spiro atoms. The van der Waals surface area contributed by atoms with Crippen molar-refractivity contribution < 1.29 is 9.21 Å². The molecule has 1 amide bonds. The molecule has 0 fully saturated rings. The number of carbonyl (C=O) groups excluding carboxylic acids is 1. The van der Waals surface area contributed by atoms with Gasteiger partial charge >= 0.3 is 0 Å². The summed E-state index contributed by atoms with van der Waals surface area (Å²) in [6, 6.07) is 5.96. The number of carbonyl (C=O) groups is 1. The van der Waals surface area contributed by atoms with Crippen LogP contribution < -0.4 is 10.6 Å². The molecule has 27 heavy (non-hydrogen) atoms. The van der Waals surface area contributed by atoms with Crippen molar-refractivity contribution in [2.45, 2.75) is 32.7 Å². The normalized spacial score (nSPS) is 13.7. The van der Waals surface area contributed by atoms with Crippen LogP contribution in [0.2, 0.25) is 0 Å². The summed E-state index contributed by atoms with van der Waals surface area (Å²) in [5.41, 5.74) is 1.30. The Hall–Kier alpha value is -1.55. The van der Waals surface area contributed by atoms with Gasteiger partial charge in [-0.3, -0.25) is 9.79 Å². The molecule has 0 aromatic carbocycles. The smallest absolute Gasteiger partial charge is 0.224 e. The van der Waals surface area contributed by atoms with Crippen LogP contribution >= 0.6 is 35.3 Å². The third-order valence-corrected chi connectivity index (χ3v) is 5.37. The molecule has 6 nitrogen and oxygen atoms in total. The lowest BCUT2D eigenvalue weighted by Crippen LogP contribution is -2.41. The SMILES string of the molecule is CCNC(=NCCc1ccco1)NCCC(=O)N1CCc2sccc2C1.I. The molecule has 0 saturated heterocycles. The Morgan fingerprint density at radius 2 is 2.26 bits per heavy atom. The van der Waals surface area contributed by atoms with Crippen molar-refractivity contribution in [3.8, 4) is 0 Å². The molecule has 2 N–H and O–H groups in total. The van der Waals surface area contributed by atoms with Crippen molar-refractivity contribution in [1.29, 1.82) is 0 Å². The van der Waals surface area contributed by atoms with Gasteiger partial charge in [-0.05, 0) is 42.5 Å². The largest absolute Gasteiger partial charge is 0.469 e. The number of thiophene rings is 1. The third kappa shape index (κ3) is 6.53. The minimum atomic E-state index is 0. The van der Waals surface area contributed by atoms with Crippen molar-refractivity contribution in [2.75, 3.05) is 26.2 Å². The van der Waals surface area contributed by atoms with Gasteiger partial charge in [-0.15, -0.1) is 35.3 Å². The van der Waals surface area contributed by atoms with Gasteiger partial charge in [0.2, 0.25) is 5.91 Å². The molecule has 0 bridgehead atoms. The van der Waals surface area contributed by atoms with Crippen LogP contribution in [0.4, 0.5) is 0 Å². The summed E-state index contributed by atoms with van der Waals surface area (Å²) < 4.78 is 5.31. The van der Waals surface area contributed by atoms with Gasteiger partial charge in [0.15, 0.2) is 5.96 Å². The van der Waals surface area contributed by atoms with Crippen LogP contribution in [0.1, 0.15) is 29.5 Å². The fourth-order valence-electron chi connectivity index (χ4n) is 2.98. The van der Waals surface area contributed by atoms with Crippen LogP contribution in [0.5, 0.6) is 0 Å². The van der Waals surface area contributed by atoms with Gasteiger partial charge in [0.05, 0.1) is 6.26 Å². The van der Waals surface area contributed by atoms with Crippen LogP contribution in [-0.2, 0) is 24.2 Å². The summed E-state index contributed by atoms with van der Waals surface area (Å²) in [5.74, 6) is 1.86. The first-order valence-electron chi connectivity index (χ1n) is 9.14. The molecule has 1 aliphatic heterocycles. The van der Waals surface area contributed by atoms with Crippen molar-refractivity contribution >= 4 is 47.2 Å². The molecule has 148 valence electrons. The molecule has 0 aliphatic carbocycles. The molecule has 0 saturated carbocycles. The van der Waals surface area contributed by atoms with E-state index in [0.717, 1.165) is 44.2 Å². The Balaban J connectivity index is 0.00000261. The first-order chi connectivity index (χ1) is 12.8. The fraction of sp³-hybridized carbons (Fsp3) is 0.474. The van der Waals surface area contributed by atoms with E-state index >= 15 is 0 Å². The highest BCUT2D eigenvalue weighted by atomic mass is 127. The van der Waals surface area contributed by atoms with E-state index in [2.05, 4.69) is 27.1 Å². The van der Waals surface area contributed by atoms with E-state index in [-0.39, 0.29) is 29.9 Å². The second-order valence-electron chi connectivity index (χ2n) is 6.20. The maximum atomic E-state index is 12.5. The molecule has 3 heterocycles. The van der Waals surface area contributed by atoms with Gasteiger partial charge in [0.25, 0.3) is 0 Å². The number of aliphatic imine (C=N–C) groups is 1. The molecule has 1 aliphatic rings. The number of nitrogens with one attached hydrogen (secondary N) is 2. The van der Waals surface area contributed by atoms with Gasteiger partial charge in [-0.2, -0.15) is 0 Å². The lowest BCUT2D eigenvalue weighted by Gasteiger charge is -2.27. The monoisotopic (exact) mass is 502 g/mol. The Morgan fingerprint density at radius 3 is 3.04 bits per heavy atom. The Morgan fingerprint density at radius 1 is 1.37 bits per heavy atom. The van der Waals surface area contributed by atoms with E-state index < -0.39 is 0 Å². The van der Waals surface area contributed by atoms with Gasteiger partial charge in [-0.25, -0.2) is 0 Å². The first kappa shape index (κ1) is 21.7. The van der Waals surface area contributed by atoms with Crippen LogP contribution in [0.3, 0.4) is 0 Å². The summed E-state index contributed by atoms with van der Waals surface area (Å²) >= 11 is 1.79. The number of fused-ring (bicyclic) bond motifs is 1. The third-order valence-electron chi connectivity index (χ3n) is 4.34. The van der Waals surface area contributed by atoms with Crippen molar-refractivity contribution in [3.05, 3.63) is 46.0 Å². The topological polar surface area (TPSA) is 69.9 Å². The Bertz CT molecular complexity index is 730. The number of nitrogens with zero attached hydrogens (tertiary/aromatic N) is 2. The summed E-state index contributed by atoms with van der Waals surface area (Å²) in [6.45, 7) is 5.61. The minimum Gasteiger partial charge on any atom is -0.469 e. The fourth-order valence-corrected chi connectivity index (χ4v) is 3.87. The number of hydrogen-bond acceptors (Lipinski definition) is 4. The second-order valence-corrected chi connectivity index (χ2v) is 7.20. The number of guanidine groups is 1. The molecule has 0 unspecified atom stereocenters. The van der Waals surface area contributed by atoms with Gasteiger partial charge in [0.1, 0.15) is 5.76 Å². The number of amides is 1. The van der Waals surface area contributed by atoms with E-state index in [1.165, 1.54) is 10.4 Å². The van der Waals surface area contributed by atoms with E-state index in [1.54, 1.807) is 17.6 Å². The summed E-state index contributed by atoms with van der Waals surface area (Å²) in [7, 11) is 0. The number of rotatable bonds is 7. The second kappa shape index (κ2) is 11.3. The van der Waals surface area contributed by atoms with Gasteiger partial charge in [-0.1, -0.05) is 0 Å². The number of furan rings is 1. The highest BCUT2D eigenvalue weighted by molar-refractivity contribution is 14.0. The maximum Gasteiger partial charge on any atom is 0.224 e. The first-order valence-corrected chi connectivity index (χ1v) is 10.0. The molecule has 2 aromatic heterocycles. The predicted molar refractivity (Wildman–Crippen MR) is 120 cm³/mol. The molecule has 2 aromatic rings. The molecule has 3 rings (SSSR count). The molecular weight excluding hydrogens is 475 g/mol. The maximum absolute atomic E-state index is 12.5. The molecule has 0 atom stereocenters. The van der Waals surface area contributed by atoms with Crippen molar-refractivity contribution in [1.82, 2.24) is 15.5 Å². The summed E-state index contributed by atoms with van der Waals surface area (Å²) in [6.07, 6.45) is 3.89. The quantitative estimate of drug-likeness (QED) is 0.347. The van der Waals surface area contributed by atoms with Gasteiger partial charge < -0.3 is 20.0 Å². The standard InChI is InChI=1S/C19H26N4O2S.HI/c1-2-20-19(21-9-5-16-4-3-12-25-16)22-10-6-18(24)23-11-7-17-15(14-23)8-13-26-17;/h3-4,8,12-13H,2,5-7,9-11,14H2,1H3,(H2,20,21,22);1H. The van der Waals surface area contributed by atoms with E-state index in [0.29, 0.717) is 19.5 Å². The molecular formula is C19H27IN4O2S. The van der Waals surface area contributed by atoms with Gasteiger partial charge in [0, 0.05) is 50.4 Å². The zero-order chi connectivity index (χ0) is 18.2. The lowest BCUT2D eigenvalue weighted by molar-refractivity contribution is -0.131. The van der Waals surface area contributed by atoms with Crippen LogP contribution in [0.25, 0.3) is 0 Å². The van der Waals surface area contributed by atoms with Crippen LogP contribution in [0, 0.1) is 0 Å².